The zero-order chi connectivity index (χ0) is 20.6. The SMILES string of the molecule is CCCOc1cccc(CCNC(=NC)NC2CCc3nc(C(C)C)nn3C2)c1.I. The van der Waals surface area contributed by atoms with Crippen LogP contribution in [0, 0.1) is 0 Å². The molecule has 1 atom stereocenters. The molecule has 7 nitrogen and oxygen atoms in total. The Morgan fingerprint density at radius 3 is 2.93 bits per heavy atom. The van der Waals surface area contributed by atoms with Gasteiger partial charge in [0.1, 0.15) is 11.6 Å². The van der Waals surface area contributed by atoms with E-state index in [9.17, 15) is 0 Å². The van der Waals surface area contributed by atoms with Gasteiger partial charge in [0.05, 0.1) is 13.2 Å². The number of fused-ring (bicyclic) bond motifs is 1. The molecule has 0 spiro atoms. The predicted octanol–water partition coefficient (Wildman–Crippen LogP) is 3.53. The van der Waals surface area contributed by atoms with Gasteiger partial charge in [0.25, 0.3) is 0 Å². The largest absolute Gasteiger partial charge is 0.494 e. The van der Waals surface area contributed by atoms with Gasteiger partial charge in [-0.05, 0) is 37.0 Å². The highest BCUT2D eigenvalue weighted by molar-refractivity contribution is 14.0. The highest BCUT2D eigenvalue weighted by Crippen LogP contribution is 2.17. The third-order valence-corrected chi connectivity index (χ3v) is 5.03. The Balaban J connectivity index is 0.00000320. The fraction of sp³-hybridized carbons (Fsp3) is 0.591. The van der Waals surface area contributed by atoms with E-state index < -0.39 is 0 Å². The quantitative estimate of drug-likeness (QED) is 0.313. The van der Waals surface area contributed by atoms with Crippen LogP contribution in [0.5, 0.6) is 5.75 Å². The molecule has 166 valence electrons. The number of nitrogens with zero attached hydrogens (tertiary/aromatic N) is 4. The van der Waals surface area contributed by atoms with E-state index in [-0.39, 0.29) is 24.0 Å². The number of aromatic nitrogens is 3. The summed E-state index contributed by atoms with van der Waals surface area (Å²) in [7, 11) is 1.81. The molecule has 2 N–H and O–H groups in total. The summed E-state index contributed by atoms with van der Waals surface area (Å²) in [4.78, 5) is 9.05. The Kier molecular flexibility index (Phi) is 9.87. The van der Waals surface area contributed by atoms with Gasteiger partial charge in [-0.25, -0.2) is 9.67 Å². The summed E-state index contributed by atoms with van der Waals surface area (Å²) in [6, 6.07) is 8.63. The van der Waals surface area contributed by atoms with Crippen molar-refractivity contribution in [1.29, 1.82) is 0 Å². The average molecular weight is 526 g/mol. The molecule has 0 saturated carbocycles. The standard InChI is InChI=1S/C22H34N6O.HI/c1-5-13-29-19-8-6-7-17(14-19)11-12-24-22(23-4)25-18-9-10-20-26-21(16(2)3)27-28(20)15-18;/h6-8,14,16,18H,5,9-13,15H2,1-4H3,(H2,23,24,25);1H. The Bertz CT molecular complexity index is 820. The van der Waals surface area contributed by atoms with Crippen molar-refractivity contribution in [3.05, 3.63) is 41.5 Å². The molecule has 30 heavy (non-hydrogen) atoms. The number of benzene rings is 1. The van der Waals surface area contributed by atoms with Crippen LogP contribution in [-0.2, 0) is 19.4 Å². The third kappa shape index (κ3) is 6.85. The Labute approximate surface area is 197 Å². The number of hydrogen-bond donors (Lipinski definition) is 2. The van der Waals surface area contributed by atoms with E-state index in [0.717, 1.165) is 68.7 Å². The molecule has 3 rings (SSSR count). The van der Waals surface area contributed by atoms with Crippen molar-refractivity contribution in [3.8, 4) is 5.75 Å². The number of halogens is 1. The lowest BCUT2D eigenvalue weighted by atomic mass is 10.1. The molecule has 1 aliphatic rings. The fourth-order valence-corrected chi connectivity index (χ4v) is 3.41. The van der Waals surface area contributed by atoms with Crippen LogP contribution in [0.1, 0.15) is 56.7 Å². The first-order valence-corrected chi connectivity index (χ1v) is 10.7. The maximum Gasteiger partial charge on any atom is 0.191 e. The molecule has 0 saturated heterocycles. The van der Waals surface area contributed by atoms with Gasteiger partial charge >= 0.3 is 0 Å². The highest BCUT2D eigenvalue weighted by atomic mass is 127. The average Bonchev–Trinajstić information content (AvgIpc) is 3.15. The second kappa shape index (κ2) is 12.1. The van der Waals surface area contributed by atoms with Crippen molar-refractivity contribution in [3.63, 3.8) is 0 Å². The number of guanidine groups is 1. The number of ether oxygens (including phenoxy) is 1. The molecule has 8 heteroatoms. The number of aliphatic imine (C=N–C) groups is 1. The van der Waals surface area contributed by atoms with E-state index in [4.69, 9.17) is 4.74 Å². The maximum atomic E-state index is 5.72. The molecule has 1 aromatic heterocycles. The van der Waals surface area contributed by atoms with Crippen LogP contribution in [0.3, 0.4) is 0 Å². The van der Waals surface area contributed by atoms with Gasteiger partial charge in [0, 0.05) is 32.0 Å². The van der Waals surface area contributed by atoms with Crippen LogP contribution in [0.2, 0.25) is 0 Å². The van der Waals surface area contributed by atoms with Gasteiger partial charge in [-0.15, -0.1) is 24.0 Å². The second-order valence-electron chi connectivity index (χ2n) is 7.85. The molecule has 1 aromatic carbocycles. The first kappa shape index (κ1) is 24.4. The van der Waals surface area contributed by atoms with Gasteiger partial charge in [-0.3, -0.25) is 4.99 Å². The maximum absolute atomic E-state index is 5.72. The zero-order valence-corrected chi connectivity index (χ0v) is 20.8. The van der Waals surface area contributed by atoms with E-state index in [1.165, 1.54) is 5.56 Å². The lowest BCUT2D eigenvalue weighted by Gasteiger charge is -2.25. The molecule has 0 aliphatic carbocycles. The Morgan fingerprint density at radius 2 is 2.20 bits per heavy atom. The van der Waals surface area contributed by atoms with E-state index >= 15 is 0 Å². The van der Waals surface area contributed by atoms with Crippen LogP contribution in [0.25, 0.3) is 0 Å². The molecule has 1 unspecified atom stereocenters. The first-order chi connectivity index (χ1) is 14.1. The summed E-state index contributed by atoms with van der Waals surface area (Å²) >= 11 is 0. The summed E-state index contributed by atoms with van der Waals surface area (Å²) in [5.74, 6) is 4.17. The third-order valence-electron chi connectivity index (χ3n) is 5.03. The number of nitrogens with one attached hydrogen (secondary N) is 2. The Morgan fingerprint density at radius 1 is 1.37 bits per heavy atom. The van der Waals surface area contributed by atoms with E-state index in [1.54, 1.807) is 0 Å². The van der Waals surface area contributed by atoms with Gasteiger partial charge in [0.2, 0.25) is 0 Å². The molecule has 0 bridgehead atoms. The number of aryl methyl sites for hydroxylation is 1. The molecule has 2 heterocycles. The van der Waals surface area contributed by atoms with Crippen molar-refractivity contribution in [2.24, 2.45) is 4.99 Å². The topological polar surface area (TPSA) is 76.4 Å². The van der Waals surface area contributed by atoms with Crippen molar-refractivity contribution in [2.45, 2.75) is 65.0 Å². The summed E-state index contributed by atoms with van der Waals surface area (Å²) in [6.07, 6.45) is 3.91. The first-order valence-electron chi connectivity index (χ1n) is 10.7. The van der Waals surface area contributed by atoms with Gasteiger partial charge in [0.15, 0.2) is 11.8 Å². The molecule has 0 radical (unpaired) electrons. The smallest absolute Gasteiger partial charge is 0.191 e. The van der Waals surface area contributed by atoms with Crippen LogP contribution in [0.15, 0.2) is 29.3 Å². The zero-order valence-electron chi connectivity index (χ0n) is 18.5. The van der Waals surface area contributed by atoms with Crippen molar-refractivity contribution >= 4 is 29.9 Å². The van der Waals surface area contributed by atoms with Gasteiger partial charge < -0.3 is 15.4 Å². The lowest BCUT2D eigenvalue weighted by molar-refractivity contribution is 0.317. The summed E-state index contributed by atoms with van der Waals surface area (Å²) in [5, 5.41) is 11.6. The summed E-state index contributed by atoms with van der Waals surface area (Å²) in [5.41, 5.74) is 1.26. The van der Waals surface area contributed by atoms with Crippen molar-refractivity contribution < 1.29 is 4.74 Å². The molecule has 1 aliphatic heterocycles. The normalized spacial score (nSPS) is 16.0. The molecule has 0 amide bonds. The molecular weight excluding hydrogens is 491 g/mol. The summed E-state index contributed by atoms with van der Waals surface area (Å²) in [6.45, 7) is 8.78. The molecular formula is C22H35IN6O. The van der Waals surface area contributed by atoms with Crippen molar-refractivity contribution in [2.75, 3.05) is 20.2 Å². The van der Waals surface area contributed by atoms with Gasteiger partial charge in [-0.2, -0.15) is 5.10 Å². The minimum absolute atomic E-state index is 0. The fourth-order valence-electron chi connectivity index (χ4n) is 3.41. The van der Waals surface area contributed by atoms with E-state index in [1.807, 2.05) is 17.8 Å². The molecule has 0 fully saturated rings. The van der Waals surface area contributed by atoms with Crippen LogP contribution in [-0.4, -0.2) is 47.0 Å². The van der Waals surface area contributed by atoms with Gasteiger partial charge in [-0.1, -0.05) is 32.9 Å². The number of hydrogen-bond acceptors (Lipinski definition) is 4. The van der Waals surface area contributed by atoms with Crippen LogP contribution in [0.4, 0.5) is 0 Å². The Hall–Kier alpha value is -1.84. The van der Waals surface area contributed by atoms with E-state index in [0.29, 0.717) is 12.0 Å². The number of rotatable bonds is 8. The monoisotopic (exact) mass is 526 g/mol. The minimum Gasteiger partial charge on any atom is -0.494 e. The predicted molar refractivity (Wildman–Crippen MR) is 132 cm³/mol. The van der Waals surface area contributed by atoms with Crippen molar-refractivity contribution in [1.82, 2.24) is 25.4 Å². The van der Waals surface area contributed by atoms with Crippen LogP contribution < -0.4 is 15.4 Å². The van der Waals surface area contributed by atoms with E-state index in [2.05, 4.69) is 64.7 Å². The minimum atomic E-state index is 0. The molecule has 2 aromatic rings. The lowest BCUT2D eigenvalue weighted by Crippen LogP contribution is -2.47. The second-order valence-corrected chi connectivity index (χ2v) is 7.85. The highest BCUT2D eigenvalue weighted by Gasteiger charge is 2.23. The van der Waals surface area contributed by atoms with Crippen LogP contribution >= 0.6 is 24.0 Å². The summed E-state index contributed by atoms with van der Waals surface area (Å²) < 4.78 is 7.77.